The van der Waals surface area contributed by atoms with Crippen LogP contribution in [-0.2, 0) is 4.79 Å². The molecule has 0 bridgehead atoms. The zero-order valence-electron chi connectivity index (χ0n) is 8.66. The first-order valence-corrected chi connectivity index (χ1v) is 4.91. The number of benzene rings is 1. The van der Waals surface area contributed by atoms with Gasteiger partial charge in [-0.15, -0.1) is 0 Å². The maximum atomic E-state index is 10.3. The third-order valence-corrected chi connectivity index (χ3v) is 2.14. The normalized spacial score (nSPS) is 12.5. The molecule has 75 valence electrons. The van der Waals surface area contributed by atoms with Gasteiger partial charge in [-0.3, -0.25) is 4.79 Å². The summed E-state index contributed by atoms with van der Waals surface area (Å²) in [7, 11) is 0. The lowest BCUT2D eigenvalue weighted by Crippen LogP contribution is -2.20. The Bertz CT molecular complexity index is 269. The summed E-state index contributed by atoms with van der Waals surface area (Å²) in [5.74, 6) is 0.557. The molecule has 1 unspecified atom stereocenters. The number of hydrogen-bond acceptors (Lipinski definition) is 1. The van der Waals surface area contributed by atoms with Gasteiger partial charge in [0.15, 0.2) is 0 Å². The van der Waals surface area contributed by atoms with Crippen LogP contribution in [0.3, 0.4) is 0 Å². The van der Waals surface area contributed by atoms with E-state index in [0.29, 0.717) is 5.92 Å². The van der Waals surface area contributed by atoms with E-state index in [-0.39, 0.29) is 6.04 Å². The summed E-state index contributed by atoms with van der Waals surface area (Å²) in [5.41, 5.74) is 1.14. The van der Waals surface area contributed by atoms with Gasteiger partial charge in [0.25, 0.3) is 0 Å². The van der Waals surface area contributed by atoms with E-state index >= 15 is 0 Å². The molecule has 0 heterocycles. The van der Waals surface area contributed by atoms with Crippen molar-refractivity contribution < 1.29 is 4.79 Å². The smallest absolute Gasteiger partial charge is 0.309 e. The van der Waals surface area contributed by atoms with Crippen LogP contribution in [-0.4, -0.2) is 6.41 Å². The van der Waals surface area contributed by atoms with Crippen LogP contribution in [0.1, 0.15) is 31.9 Å². The quantitative estimate of drug-likeness (QED) is 0.710. The third kappa shape index (κ3) is 3.21. The second kappa shape index (κ2) is 5.43. The highest BCUT2D eigenvalue weighted by Gasteiger charge is 2.11. The van der Waals surface area contributed by atoms with E-state index in [0.717, 1.165) is 12.0 Å². The van der Waals surface area contributed by atoms with Gasteiger partial charge < -0.3 is 5.32 Å². The molecule has 0 aromatic heterocycles. The maximum Gasteiger partial charge on any atom is 0.309 e. The number of rotatable bonds is 5. The second-order valence-electron chi connectivity index (χ2n) is 3.84. The van der Waals surface area contributed by atoms with Gasteiger partial charge in [0.1, 0.15) is 0 Å². The van der Waals surface area contributed by atoms with Gasteiger partial charge in [0.2, 0.25) is 0 Å². The summed E-state index contributed by atoms with van der Waals surface area (Å²) in [4.78, 5) is 10.3. The summed E-state index contributed by atoms with van der Waals surface area (Å²) in [5, 5.41) is 2.72. The van der Waals surface area contributed by atoms with Crippen molar-refractivity contribution in [2.24, 2.45) is 5.92 Å². The molecule has 0 saturated carbocycles. The van der Waals surface area contributed by atoms with Gasteiger partial charge in [-0.2, -0.15) is 0 Å². The van der Waals surface area contributed by atoms with E-state index in [2.05, 4.69) is 19.2 Å². The summed E-state index contributed by atoms with van der Waals surface area (Å²) in [6, 6.07) is 10.1. The molecule has 2 nitrogen and oxygen atoms in total. The zero-order chi connectivity index (χ0) is 10.4. The fourth-order valence-corrected chi connectivity index (χ4v) is 1.51. The Hall–Kier alpha value is -1.31. The molecule has 0 spiro atoms. The van der Waals surface area contributed by atoms with E-state index in [1.165, 1.54) is 0 Å². The first-order chi connectivity index (χ1) is 6.74. The highest BCUT2D eigenvalue weighted by Crippen LogP contribution is 2.20. The molecule has 1 N–H and O–H groups in total. The Kier molecular flexibility index (Phi) is 4.17. The highest BCUT2D eigenvalue weighted by molar-refractivity contribution is 5.48. The predicted octanol–water partition coefficient (Wildman–Crippen LogP) is 2.43. The molecule has 1 radical (unpaired) electrons. The van der Waals surface area contributed by atoms with Crippen LogP contribution < -0.4 is 5.32 Å². The van der Waals surface area contributed by atoms with E-state index in [1.807, 2.05) is 30.3 Å². The molecule has 2 heteroatoms. The SMILES string of the molecule is CC(C)CC(N[C]=O)c1ccccc1. The first kappa shape index (κ1) is 10.8. The van der Waals surface area contributed by atoms with Crippen molar-refractivity contribution >= 4 is 6.41 Å². The second-order valence-corrected chi connectivity index (χ2v) is 3.84. The minimum absolute atomic E-state index is 0.0914. The number of hydrogen-bond donors (Lipinski definition) is 1. The van der Waals surface area contributed by atoms with Crippen LogP contribution in [0.5, 0.6) is 0 Å². The van der Waals surface area contributed by atoms with Crippen LogP contribution in [0.15, 0.2) is 30.3 Å². The van der Waals surface area contributed by atoms with E-state index in [9.17, 15) is 4.79 Å². The van der Waals surface area contributed by atoms with Crippen molar-refractivity contribution in [2.45, 2.75) is 26.3 Å². The lowest BCUT2D eigenvalue weighted by atomic mass is 9.97. The summed E-state index contributed by atoms with van der Waals surface area (Å²) in [6.45, 7) is 4.28. The Labute approximate surface area is 85.3 Å². The lowest BCUT2D eigenvalue weighted by molar-refractivity contribution is 0.459. The molecule has 1 aromatic carbocycles. The minimum Gasteiger partial charge on any atom is -0.341 e. The Morgan fingerprint density at radius 2 is 1.93 bits per heavy atom. The van der Waals surface area contributed by atoms with E-state index in [4.69, 9.17) is 0 Å². The van der Waals surface area contributed by atoms with Crippen LogP contribution in [0.4, 0.5) is 0 Å². The van der Waals surface area contributed by atoms with Crippen molar-refractivity contribution in [3.63, 3.8) is 0 Å². The first-order valence-electron chi connectivity index (χ1n) is 4.91. The Balaban J connectivity index is 2.72. The van der Waals surface area contributed by atoms with Crippen molar-refractivity contribution in [1.82, 2.24) is 5.32 Å². The fraction of sp³-hybridized carbons (Fsp3) is 0.417. The van der Waals surface area contributed by atoms with Gasteiger partial charge >= 0.3 is 6.41 Å². The van der Waals surface area contributed by atoms with Crippen LogP contribution >= 0.6 is 0 Å². The Morgan fingerprint density at radius 3 is 2.43 bits per heavy atom. The van der Waals surface area contributed by atoms with Crippen molar-refractivity contribution in [3.05, 3.63) is 35.9 Å². The predicted molar refractivity (Wildman–Crippen MR) is 57.5 cm³/mol. The fourth-order valence-electron chi connectivity index (χ4n) is 1.51. The standard InChI is InChI=1S/C12H16NO/c1-10(2)8-12(13-9-14)11-6-4-3-5-7-11/h3-7,10,12H,8H2,1-2H3,(H,13,14). The topological polar surface area (TPSA) is 29.1 Å². The summed E-state index contributed by atoms with van der Waals surface area (Å²) < 4.78 is 0. The number of carbonyl (C=O) groups excluding carboxylic acids is 1. The summed E-state index contributed by atoms with van der Waals surface area (Å²) >= 11 is 0. The van der Waals surface area contributed by atoms with Crippen LogP contribution in [0, 0.1) is 5.92 Å². The number of nitrogens with one attached hydrogen (secondary N) is 1. The van der Waals surface area contributed by atoms with Gasteiger partial charge in [0, 0.05) is 0 Å². The molecule has 0 aliphatic heterocycles. The van der Waals surface area contributed by atoms with Crippen molar-refractivity contribution in [3.8, 4) is 0 Å². The molecule has 14 heavy (non-hydrogen) atoms. The molecule has 1 aromatic rings. The van der Waals surface area contributed by atoms with Gasteiger partial charge in [-0.25, -0.2) is 0 Å². The third-order valence-electron chi connectivity index (χ3n) is 2.14. The summed E-state index contributed by atoms with van der Waals surface area (Å²) in [6.07, 6.45) is 2.72. The monoisotopic (exact) mass is 190 g/mol. The van der Waals surface area contributed by atoms with E-state index in [1.54, 1.807) is 6.41 Å². The van der Waals surface area contributed by atoms with Crippen molar-refractivity contribution in [1.29, 1.82) is 0 Å². The zero-order valence-corrected chi connectivity index (χ0v) is 8.66. The molecule has 1 atom stereocenters. The van der Waals surface area contributed by atoms with Gasteiger partial charge in [0.05, 0.1) is 6.04 Å². The average Bonchev–Trinajstić information content (AvgIpc) is 2.18. The van der Waals surface area contributed by atoms with Crippen LogP contribution in [0.2, 0.25) is 0 Å². The molecule has 1 amide bonds. The van der Waals surface area contributed by atoms with E-state index < -0.39 is 0 Å². The molecule has 1 rings (SSSR count). The molecular formula is C12H16NO. The molecule has 0 fully saturated rings. The Morgan fingerprint density at radius 1 is 1.29 bits per heavy atom. The maximum absolute atomic E-state index is 10.3. The molecule has 0 aliphatic rings. The molecular weight excluding hydrogens is 174 g/mol. The van der Waals surface area contributed by atoms with Crippen LogP contribution in [0.25, 0.3) is 0 Å². The van der Waals surface area contributed by atoms with Crippen molar-refractivity contribution in [2.75, 3.05) is 0 Å². The molecule has 0 saturated heterocycles. The van der Waals surface area contributed by atoms with Gasteiger partial charge in [-0.1, -0.05) is 44.2 Å². The highest BCUT2D eigenvalue weighted by atomic mass is 16.1. The average molecular weight is 190 g/mol. The largest absolute Gasteiger partial charge is 0.341 e. The number of amides is 1. The molecule has 0 aliphatic carbocycles. The lowest BCUT2D eigenvalue weighted by Gasteiger charge is -2.17. The van der Waals surface area contributed by atoms with Gasteiger partial charge in [-0.05, 0) is 17.9 Å². The minimum atomic E-state index is 0.0914.